The minimum Gasteiger partial charge on any atom is -0.394 e. The smallest absolute Gasteiger partial charge is 0.220 e. The molecule has 0 saturated carbocycles. The Hall–Kier alpha value is -1.75. The van der Waals surface area contributed by atoms with Crippen LogP contribution in [-0.4, -0.2) is 34.7 Å². The average Bonchev–Trinajstić information content (AvgIpc) is 2.46. The van der Waals surface area contributed by atoms with Crippen LogP contribution >= 0.6 is 0 Å². The SMILES string of the molecule is CC1=C(C)C(=O)C(CCCC(=O)NC(C)(C)CO)=C(C)C1=O. The van der Waals surface area contributed by atoms with E-state index in [1.807, 2.05) is 0 Å². The van der Waals surface area contributed by atoms with Gasteiger partial charge in [0.2, 0.25) is 5.91 Å². The fourth-order valence-electron chi connectivity index (χ4n) is 2.36. The highest BCUT2D eigenvalue weighted by Crippen LogP contribution is 2.27. The molecule has 122 valence electrons. The van der Waals surface area contributed by atoms with Crippen LogP contribution in [-0.2, 0) is 14.4 Å². The Balaban J connectivity index is 2.64. The molecule has 0 aromatic heterocycles. The van der Waals surface area contributed by atoms with Gasteiger partial charge in [-0.1, -0.05) is 0 Å². The van der Waals surface area contributed by atoms with Crippen LogP contribution in [0.2, 0.25) is 0 Å². The third-order valence-corrected chi connectivity index (χ3v) is 4.01. The number of ketones is 2. The number of Topliss-reactive ketones (excluding diaryl/α,β-unsaturated/α-hetero) is 2. The van der Waals surface area contributed by atoms with Gasteiger partial charge in [-0.2, -0.15) is 0 Å². The Morgan fingerprint density at radius 1 is 1.05 bits per heavy atom. The highest BCUT2D eigenvalue weighted by atomic mass is 16.3. The van der Waals surface area contributed by atoms with Crippen molar-refractivity contribution in [3.05, 3.63) is 22.3 Å². The molecule has 0 atom stereocenters. The molecule has 0 fully saturated rings. The molecule has 0 bridgehead atoms. The Bertz CT molecular complexity index is 567. The number of rotatable bonds is 6. The van der Waals surface area contributed by atoms with Crippen molar-refractivity contribution in [1.29, 1.82) is 0 Å². The quantitative estimate of drug-likeness (QED) is 0.734. The zero-order chi connectivity index (χ0) is 17.1. The monoisotopic (exact) mass is 307 g/mol. The van der Waals surface area contributed by atoms with Crippen LogP contribution in [0.3, 0.4) is 0 Å². The number of carbonyl (C=O) groups excluding carboxylic acids is 3. The first-order chi connectivity index (χ1) is 10.1. The van der Waals surface area contributed by atoms with Gasteiger partial charge in [0, 0.05) is 28.7 Å². The van der Waals surface area contributed by atoms with Crippen molar-refractivity contribution in [1.82, 2.24) is 5.32 Å². The number of hydrogen-bond donors (Lipinski definition) is 2. The number of aliphatic hydroxyl groups excluding tert-OH is 1. The van der Waals surface area contributed by atoms with E-state index in [0.29, 0.717) is 35.1 Å². The second-order valence-corrected chi connectivity index (χ2v) is 6.46. The maximum atomic E-state index is 12.2. The van der Waals surface area contributed by atoms with E-state index in [1.165, 1.54) is 0 Å². The molecule has 0 aromatic carbocycles. The van der Waals surface area contributed by atoms with Crippen molar-refractivity contribution < 1.29 is 19.5 Å². The fraction of sp³-hybridized carbons (Fsp3) is 0.588. The number of hydrogen-bond acceptors (Lipinski definition) is 4. The largest absolute Gasteiger partial charge is 0.394 e. The van der Waals surface area contributed by atoms with Gasteiger partial charge < -0.3 is 10.4 Å². The van der Waals surface area contributed by atoms with Crippen LogP contribution in [0.15, 0.2) is 22.3 Å². The third-order valence-electron chi connectivity index (χ3n) is 4.01. The summed E-state index contributed by atoms with van der Waals surface area (Å²) in [6, 6.07) is 0. The maximum Gasteiger partial charge on any atom is 0.220 e. The predicted molar refractivity (Wildman–Crippen MR) is 84.2 cm³/mol. The normalized spacial score (nSPS) is 16.5. The highest BCUT2D eigenvalue weighted by molar-refractivity contribution is 6.24. The first kappa shape index (κ1) is 18.3. The van der Waals surface area contributed by atoms with E-state index in [2.05, 4.69) is 5.32 Å². The molecule has 1 rings (SSSR count). The standard InChI is InChI=1S/C17H25NO4/c1-10-11(2)16(22)13(12(3)15(10)21)7-6-8-14(20)18-17(4,5)9-19/h19H,6-9H2,1-5H3,(H,18,20). The van der Waals surface area contributed by atoms with Gasteiger partial charge in [-0.05, 0) is 47.5 Å². The summed E-state index contributed by atoms with van der Waals surface area (Å²) in [4.78, 5) is 36.1. The topological polar surface area (TPSA) is 83.5 Å². The lowest BCUT2D eigenvalue weighted by Crippen LogP contribution is -2.46. The zero-order valence-corrected chi connectivity index (χ0v) is 14.0. The molecule has 0 spiro atoms. The van der Waals surface area contributed by atoms with Gasteiger partial charge in [-0.25, -0.2) is 0 Å². The van der Waals surface area contributed by atoms with Gasteiger partial charge in [0.05, 0.1) is 12.1 Å². The number of aliphatic hydroxyl groups is 1. The number of carbonyl (C=O) groups is 3. The molecule has 1 amide bonds. The van der Waals surface area contributed by atoms with Crippen molar-refractivity contribution in [2.75, 3.05) is 6.61 Å². The molecule has 2 N–H and O–H groups in total. The summed E-state index contributed by atoms with van der Waals surface area (Å²) in [5, 5.41) is 11.8. The number of allylic oxidation sites excluding steroid dienone is 4. The minimum atomic E-state index is -0.653. The van der Waals surface area contributed by atoms with E-state index >= 15 is 0 Å². The van der Waals surface area contributed by atoms with Crippen molar-refractivity contribution in [2.45, 2.75) is 59.4 Å². The van der Waals surface area contributed by atoms with Crippen LogP contribution < -0.4 is 5.32 Å². The van der Waals surface area contributed by atoms with E-state index in [0.717, 1.165) is 0 Å². The Morgan fingerprint density at radius 3 is 2.14 bits per heavy atom. The van der Waals surface area contributed by atoms with Gasteiger partial charge in [0.25, 0.3) is 0 Å². The molecule has 5 heteroatoms. The van der Waals surface area contributed by atoms with Crippen LogP contribution in [0.1, 0.15) is 53.9 Å². The summed E-state index contributed by atoms with van der Waals surface area (Å²) in [5.41, 5.74) is 1.36. The lowest BCUT2D eigenvalue weighted by Gasteiger charge is -2.23. The summed E-state index contributed by atoms with van der Waals surface area (Å²) in [6.07, 6.45) is 1.16. The molecule has 0 aromatic rings. The Morgan fingerprint density at radius 2 is 1.59 bits per heavy atom. The Kier molecular flexibility index (Phi) is 5.83. The molecular formula is C17H25NO4. The van der Waals surface area contributed by atoms with Crippen LogP contribution in [0.25, 0.3) is 0 Å². The summed E-state index contributed by atoms with van der Waals surface area (Å²) in [7, 11) is 0. The van der Waals surface area contributed by atoms with E-state index in [-0.39, 0.29) is 30.5 Å². The first-order valence-electron chi connectivity index (χ1n) is 7.49. The summed E-state index contributed by atoms with van der Waals surface area (Å²) in [6.45, 7) is 8.33. The lowest BCUT2D eigenvalue weighted by atomic mass is 9.84. The molecule has 0 radical (unpaired) electrons. The Labute approximate surface area is 131 Å². The number of amides is 1. The molecule has 0 unspecified atom stereocenters. The first-order valence-corrected chi connectivity index (χ1v) is 7.49. The maximum absolute atomic E-state index is 12.2. The molecule has 1 aliphatic carbocycles. The van der Waals surface area contributed by atoms with Crippen molar-refractivity contribution >= 4 is 17.5 Å². The second kappa shape index (κ2) is 7.01. The molecule has 5 nitrogen and oxygen atoms in total. The van der Waals surface area contributed by atoms with Gasteiger partial charge in [0.15, 0.2) is 11.6 Å². The van der Waals surface area contributed by atoms with E-state index in [4.69, 9.17) is 5.11 Å². The van der Waals surface area contributed by atoms with Crippen molar-refractivity contribution in [3.63, 3.8) is 0 Å². The van der Waals surface area contributed by atoms with Crippen molar-refractivity contribution in [2.24, 2.45) is 0 Å². The molecule has 0 aliphatic heterocycles. The van der Waals surface area contributed by atoms with Crippen LogP contribution in [0.4, 0.5) is 0 Å². The molecule has 1 aliphatic rings. The molecule has 0 heterocycles. The second-order valence-electron chi connectivity index (χ2n) is 6.46. The van der Waals surface area contributed by atoms with Gasteiger partial charge in [-0.15, -0.1) is 0 Å². The lowest BCUT2D eigenvalue weighted by molar-refractivity contribution is -0.123. The summed E-state index contributed by atoms with van der Waals surface area (Å²) >= 11 is 0. The van der Waals surface area contributed by atoms with E-state index < -0.39 is 5.54 Å². The van der Waals surface area contributed by atoms with E-state index in [9.17, 15) is 14.4 Å². The molecular weight excluding hydrogens is 282 g/mol. The van der Waals surface area contributed by atoms with Crippen LogP contribution in [0, 0.1) is 0 Å². The summed E-state index contributed by atoms with van der Waals surface area (Å²) < 4.78 is 0. The van der Waals surface area contributed by atoms with Crippen LogP contribution in [0.5, 0.6) is 0 Å². The number of nitrogens with one attached hydrogen (secondary N) is 1. The fourth-order valence-corrected chi connectivity index (χ4v) is 2.36. The average molecular weight is 307 g/mol. The molecule has 0 saturated heterocycles. The zero-order valence-electron chi connectivity index (χ0n) is 14.0. The van der Waals surface area contributed by atoms with Gasteiger partial charge in [0.1, 0.15) is 0 Å². The van der Waals surface area contributed by atoms with Crippen molar-refractivity contribution in [3.8, 4) is 0 Å². The highest BCUT2D eigenvalue weighted by Gasteiger charge is 2.27. The van der Waals surface area contributed by atoms with Gasteiger partial charge in [-0.3, -0.25) is 14.4 Å². The predicted octanol–water partition coefficient (Wildman–Crippen LogP) is 1.85. The summed E-state index contributed by atoms with van der Waals surface area (Å²) in [5.74, 6) is -0.348. The molecule has 22 heavy (non-hydrogen) atoms. The third kappa shape index (κ3) is 4.13. The minimum absolute atomic E-state index is 0.0852. The van der Waals surface area contributed by atoms with Gasteiger partial charge >= 0.3 is 0 Å². The van der Waals surface area contributed by atoms with E-state index in [1.54, 1.807) is 34.6 Å².